The van der Waals surface area contributed by atoms with Gasteiger partial charge >= 0.3 is 12.1 Å². The lowest BCUT2D eigenvalue weighted by atomic mass is 9.85. The molecule has 2 aliphatic carbocycles. The molecule has 0 radical (unpaired) electrons. The summed E-state index contributed by atoms with van der Waals surface area (Å²) in [5.41, 5.74) is 4.51. The average Bonchev–Trinajstić information content (AvgIpc) is 3.16. The van der Waals surface area contributed by atoms with Crippen LogP contribution in [0.15, 0.2) is 61.2 Å². The van der Waals surface area contributed by atoms with Gasteiger partial charge in [-0.1, -0.05) is 61.0 Å². The number of hydrogen-bond donors (Lipinski definition) is 3. The summed E-state index contributed by atoms with van der Waals surface area (Å²) in [6, 6.07) is 15.1. The van der Waals surface area contributed by atoms with E-state index < -0.39 is 24.0 Å². The quantitative estimate of drug-likeness (QED) is 0.509. The Labute approximate surface area is 199 Å². The maximum atomic E-state index is 12.8. The molecule has 1 saturated carbocycles. The molecule has 0 aliphatic heterocycles. The van der Waals surface area contributed by atoms with Gasteiger partial charge in [-0.15, -0.1) is 6.58 Å². The van der Waals surface area contributed by atoms with Crippen LogP contribution in [0.3, 0.4) is 0 Å². The van der Waals surface area contributed by atoms with Crippen molar-refractivity contribution in [3.8, 4) is 11.1 Å². The van der Waals surface area contributed by atoms with Gasteiger partial charge in [0, 0.05) is 12.0 Å². The summed E-state index contributed by atoms with van der Waals surface area (Å²) in [5, 5.41) is 14.8. The molecule has 7 nitrogen and oxygen atoms in total. The summed E-state index contributed by atoms with van der Waals surface area (Å²) in [7, 11) is 0. The van der Waals surface area contributed by atoms with Gasteiger partial charge in [0.05, 0.1) is 5.92 Å². The summed E-state index contributed by atoms with van der Waals surface area (Å²) in [5.74, 6) is -1.71. The third kappa shape index (κ3) is 5.14. The van der Waals surface area contributed by atoms with Crippen LogP contribution >= 0.6 is 0 Å². The summed E-state index contributed by atoms with van der Waals surface area (Å²) >= 11 is 0. The Morgan fingerprint density at radius 2 is 1.71 bits per heavy atom. The van der Waals surface area contributed by atoms with Crippen molar-refractivity contribution in [1.82, 2.24) is 10.6 Å². The normalized spacial score (nSPS) is 19.9. The maximum absolute atomic E-state index is 12.8. The van der Waals surface area contributed by atoms with Crippen LogP contribution in [0.4, 0.5) is 4.79 Å². The molecule has 1 fully saturated rings. The molecular weight excluding hydrogens is 432 g/mol. The highest BCUT2D eigenvalue weighted by Crippen LogP contribution is 2.44. The number of hydrogen-bond acceptors (Lipinski definition) is 4. The van der Waals surface area contributed by atoms with E-state index in [0.29, 0.717) is 12.8 Å². The van der Waals surface area contributed by atoms with Crippen LogP contribution in [0.1, 0.15) is 49.1 Å². The Balaban J connectivity index is 1.36. The van der Waals surface area contributed by atoms with Gasteiger partial charge in [0.1, 0.15) is 12.6 Å². The molecule has 2 aromatic rings. The maximum Gasteiger partial charge on any atom is 0.407 e. The molecule has 0 bridgehead atoms. The van der Waals surface area contributed by atoms with E-state index >= 15 is 0 Å². The van der Waals surface area contributed by atoms with E-state index in [0.717, 1.165) is 35.1 Å². The fourth-order valence-electron chi connectivity index (χ4n) is 5.03. The van der Waals surface area contributed by atoms with Crippen molar-refractivity contribution < 1.29 is 24.2 Å². The molecule has 0 heterocycles. The monoisotopic (exact) mass is 462 g/mol. The number of carbonyl (C=O) groups is 3. The standard InChI is InChI=1S/C27H30N2O5/c1-2-8-24(25(30)28-18-10-7-9-17(15-18)26(31)32)29-27(33)34-16-23-21-13-5-3-11-19(21)20-12-4-6-14-22(20)23/h2-6,11-14,17-18,23-24H,1,7-10,15-16H2,(H,28,30)(H,29,33)(H,31,32)/t17-,18+,24?/m1/s1. The second kappa shape index (κ2) is 10.5. The lowest BCUT2D eigenvalue weighted by molar-refractivity contribution is -0.143. The van der Waals surface area contributed by atoms with Gasteiger partial charge in [-0.05, 0) is 47.9 Å². The Morgan fingerprint density at radius 1 is 1.06 bits per heavy atom. The van der Waals surface area contributed by atoms with Crippen molar-refractivity contribution >= 4 is 18.0 Å². The van der Waals surface area contributed by atoms with Gasteiger partial charge in [0.2, 0.25) is 5.91 Å². The zero-order valence-electron chi connectivity index (χ0n) is 19.0. The molecule has 0 saturated heterocycles. The number of rotatable bonds is 8. The van der Waals surface area contributed by atoms with Crippen molar-refractivity contribution in [2.75, 3.05) is 6.61 Å². The number of carboxylic acid groups (broad SMARTS) is 1. The Hall–Kier alpha value is -3.61. The molecule has 0 spiro atoms. The fourth-order valence-corrected chi connectivity index (χ4v) is 5.03. The minimum absolute atomic E-state index is 0.0694. The third-order valence-corrected chi connectivity index (χ3v) is 6.72. The van der Waals surface area contributed by atoms with E-state index in [1.54, 1.807) is 6.08 Å². The van der Waals surface area contributed by atoms with Crippen molar-refractivity contribution in [1.29, 1.82) is 0 Å². The molecule has 2 aromatic carbocycles. The summed E-state index contributed by atoms with van der Waals surface area (Å²) < 4.78 is 5.56. The molecule has 178 valence electrons. The first-order chi connectivity index (χ1) is 16.5. The van der Waals surface area contributed by atoms with E-state index in [9.17, 15) is 19.5 Å². The van der Waals surface area contributed by atoms with Crippen molar-refractivity contribution in [2.45, 2.75) is 50.1 Å². The number of amides is 2. The Bertz CT molecular complexity index is 1040. The number of carboxylic acids is 1. The number of benzene rings is 2. The lowest BCUT2D eigenvalue weighted by Crippen LogP contribution is -2.50. The topological polar surface area (TPSA) is 105 Å². The molecule has 3 atom stereocenters. The predicted molar refractivity (Wildman–Crippen MR) is 128 cm³/mol. The molecule has 1 unspecified atom stereocenters. The number of alkyl carbamates (subject to hydrolysis) is 1. The fraction of sp³-hybridized carbons (Fsp3) is 0.370. The molecule has 2 amide bonds. The van der Waals surface area contributed by atoms with Crippen molar-refractivity contribution in [3.05, 3.63) is 72.3 Å². The lowest BCUT2D eigenvalue weighted by Gasteiger charge is -2.29. The number of fused-ring (bicyclic) bond motifs is 3. The zero-order chi connectivity index (χ0) is 24.1. The summed E-state index contributed by atoms with van der Waals surface area (Å²) in [6.07, 6.45) is 3.62. The second-order valence-electron chi connectivity index (χ2n) is 8.95. The number of aliphatic carboxylic acids is 1. The second-order valence-corrected chi connectivity index (χ2v) is 8.95. The molecule has 7 heteroatoms. The van der Waals surface area contributed by atoms with Crippen LogP contribution in [0, 0.1) is 5.92 Å². The molecule has 4 rings (SSSR count). The van der Waals surface area contributed by atoms with Gasteiger partial charge in [0.15, 0.2) is 0 Å². The van der Waals surface area contributed by atoms with Gasteiger partial charge < -0.3 is 20.5 Å². The van der Waals surface area contributed by atoms with E-state index in [4.69, 9.17) is 4.74 Å². The molecule has 2 aliphatic rings. The highest BCUT2D eigenvalue weighted by molar-refractivity contribution is 5.86. The van der Waals surface area contributed by atoms with E-state index in [2.05, 4.69) is 29.3 Å². The zero-order valence-corrected chi connectivity index (χ0v) is 19.0. The Morgan fingerprint density at radius 3 is 2.32 bits per heavy atom. The highest BCUT2D eigenvalue weighted by atomic mass is 16.5. The third-order valence-electron chi connectivity index (χ3n) is 6.72. The largest absolute Gasteiger partial charge is 0.481 e. The van der Waals surface area contributed by atoms with Crippen molar-refractivity contribution in [2.24, 2.45) is 5.92 Å². The number of nitrogens with one attached hydrogen (secondary N) is 2. The number of ether oxygens (including phenoxy) is 1. The van der Waals surface area contributed by atoms with Gasteiger partial charge in [0.25, 0.3) is 0 Å². The Kier molecular flexibility index (Phi) is 7.30. The van der Waals surface area contributed by atoms with Crippen LogP contribution in [-0.2, 0) is 14.3 Å². The highest BCUT2D eigenvalue weighted by Gasteiger charge is 2.31. The molecule has 3 N–H and O–H groups in total. The van der Waals surface area contributed by atoms with Gasteiger partial charge in [-0.2, -0.15) is 0 Å². The minimum atomic E-state index is -0.835. The molecule has 34 heavy (non-hydrogen) atoms. The number of carbonyl (C=O) groups excluding carboxylic acids is 2. The minimum Gasteiger partial charge on any atom is -0.481 e. The average molecular weight is 463 g/mol. The van der Waals surface area contributed by atoms with Crippen LogP contribution in [0.5, 0.6) is 0 Å². The predicted octanol–water partition coefficient (Wildman–Crippen LogP) is 4.23. The van der Waals surface area contributed by atoms with Crippen LogP contribution in [0.25, 0.3) is 11.1 Å². The van der Waals surface area contributed by atoms with E-state index in [1.165, 1.54) is 0 Å². The van der Waals surface area contributed by atoms with Crippen LogP contribution in [0.2, 0.25) is 0 Å². The first-order valence-electron chi connectivity index (χ1n) is 11.7. The van der Waals surface area contributed by atoms with Crippen LogP contribution in [-0.4, -0.2) is 41.8 Å². The smallest absolute Gasteiger partial charge is 0.407 e. The summed E-state index contributed by atoms with van der Waals surface area (Å²) in [4.78, 5) is 36.7. The SMILES string of the molecule is C=CCC(NC(=O)OCC1c2ccccc2-c2ccccc21)C(=O)N[C@H]1CCC[C@@H](C(=O)O)C1. The molecular formula is C27H30N2O5. The first kappa shape index (κ1) is 23.5. The van der Waals surface area contributed by atoms with Crippen LogP contribution < -0.4 is 10.6 Å². The van der Waals surface area contributed by atoms with E-state index in [-0.39, 0.29) is 30.9 Å². The summed E-state index contributed by atoms with van der Waals surface area (Å²) in [6.45, 7) is 3.84. The van der Waals surface area contributed by atoms with E-state index in [1.807, 2.05) is 36.4 Å². The molecule has 0 aromatic heterocycles. The first-order valence-corrected chi connectivity index (χ1v) is 11.7. The van der Waals surface area contributed by atoms with Gasteiger partial charge in [-0.25, -0.2) is 4.79 Å². The van der Waals surface area contributed by atoms with Gasteiger partial charge in [-0.3, -0.25) is 9.59 Å². The van der Waals surface area contributed by atoms with Crippen molar-refractivity contribution in [3.63, 3.8) is 0 Å².